The zero-order chi connectivity index (χ0) is 15.0. The maximum atomic E-state index is 12.0. The molecule has 0 aliphatic heterocycles. The predicted octanol–water partition coefficient (Wildman–Crippen LogP) is 1.22. The van der Waals surface area contributed by atoms with Crippen LogP contribution in [-0.2, 0) is 7.05 Å². The van der Waals surface area contributed by atoms with Crippen molar-refractivity contribution < 1.29 is 4.79 Å². The minimum absolute atomic E-state index is 0.145. The highest BCUT2D eigenvalue weighted by molar-refractivity contribution is 6.03. The number of aromatic nitrogens is 4. The average molecular weight is 283 g/mol. The lowest BCUT2D eigenvalue weighted by Crippen LogP contribution is -2.17. The molecule has 0 atom stereocenters. The van der Waals surface area contributed by atoms with E-state index < -0.39 is 5.91 Å². The van der Waals surface area contributed by atoms with Crippen LogP contribution in [0.3, 0.4) is 0 Å². The average Bonchev–Trinajstić information content (AvgIpc) is 2.74. The Hall–Kier alpha value is -2.96. The third kappa shape index (κ3) is 2.40. The molecule has 106 valence electrons. The highest BCUT2D eigenvalue weighted by Gasteiger charge is 2.10. The Kier molecular flexibility index (Phi) is 3.02. The van der Waals surface area contributed by atoms with Crippen molar-refractivity contribution in [3.05, 3.63) is 52.2 Å². The molecule has 0 aliphatic rings. The summed E-state index contributed by atoms with van der Waals surface area (Å²) in [6, 6.07) is 8.12. The number of nitrogens with one attached hydrogen (secondary N) is 2. The van der Waals surface area contributed by atoms with E-state index in [1.54, 1.807) is 12.1 Å². The Morgan fingerprint density at radius 3 is 2.81 bits per heavy atom. The lowest BCUT2D eigenvalue weighted by Gasteiger charge is -2.04. The second kappa shape index (κ2) is 4.86. The number of benzene rings is 1. The normalized spacial score (nSPS) is 10.8. The van der Waals surface area contributed by atoms with Crippen LogP contribution in [0, 0.1) is 6.92 Å². The second-order valence-corrected chi connectivity index (χ2v) is 4.68. The molecule has 3 aromatic rings. The zero-order valence-electron chi connectivity index (χ0n) is 11.5. The van der Waals surface area contributed by atoms with E-state index in [0.717, 1.165) is 16.9 Å². The number of fused-ring (bicyclic) bond motifs is 1. The fourth-order valence-electron chi connectivity index (χ4n) is 2.06. The maximum absolute atomic E-state index is 12.0. The first kappa shape index (κ1) is 13.0. The van der Waals surface area contributed by atoms with E-state index in [-0.39, 0.29) is 11.3 Å². The maximum Gasteiger partial charge on any atom is 0.276 e. The monoisotopic (exact) mass is 283 g/mol. The number of aryl methyl sites for hydroxylation is 2. The highest BCUT2D eigenvalue weighted by Crippen LogP contribution is 2.19. The minimum atomic E-state index is -0.391. The van der Waals surface area contributed by atoms with Gasteiger partial charge in [-0.05, 0) is 31.2 Å². The molecular weight excluding hydrogens is 270 g/mol. The molecular formula is C14H13N5O2. The van der Waals surface area contributed by atoms with Crippen molar-refractivity contribution >= 4 is 22.6 Å². The summed E-state index contributed by atoms with van der Waals surface area (Å²) in [5.41, 5.74) is 2.22. The number of carbonyl (C=O) groups is 1. The van der Waals surface area contributed by atoms with Crippen molar-refractivity contribution in [1.29, 1.82) is 0 Å². The number of amides is 1. The first-order chi connectivity index (χ1) is 10.0. The SMILES string of the molecule is Cc1nc2cc(NC(=O)c3ccc(=O)[nH]n3)ccc2n1C. The van der Waals surface area contributed by atoms with E-state index in [1.807, 2.05) is 24.6 Å². The van der Waals surface area contributed by atoms with Gasteiger partial charge in [-0.3, -0.25) is 9.59 Å². The summed E-state index contributed by atoms with van der Waals surface area (Å²) in [5.74, 6) is 0.508. The summed E-state index contributed by atoms with van der Waals surface area (Å²) >= 11 is 0. The molecule has 0 unspecified atom stereocenters. The fourth-order valence-corrected chi connectivity index (χ4v) is 2.06. The number of nitrogens with zero attached hydrogens (tertiary/aromatic N) is 3. The molecule has 1 aromatic carbocycles. The minimum Gasteiger partial charge on any atom is -0.331 e. The Bertz CT molecular complexity index is 874. The number of aromatic amines is 1. The van der Waals surface area contributed by atoms with Gasteiger partial charge in [0.25, 0.3) is 11.5 Å². The Morgan fingerprint density at radius 1 is 1.29 bits per heavy atom. The molecule has 0 radical (unpaired) electrons. The van der Waals surface area contributed by atoms with Crippen LogP contribution in [0.1, 0.15) is 16.3 Å². The van der Waals surface area contributed by atoms with Gasteiger partial charge in [0.1, 0.15) is 11.5 Å². The fraction of sp³-hybridized carbons (Fsp3) is 0.143. The Balaban J connectivity index is 1.89. The van der Waals surface area contributed by atoms with Gasteiger partial charge in [0, 0.05) is 18.8 Å². The van der Waals surface area contributed by atoms with E-state index in [2.05, 4.69) is 20.5 Å². The summed E-state index contributed by atoms with van der Waals surface area (Å²) < 4.78 is 1.98. The summed E-state index contributed by atoms with van der Waals surface area (Å²) in [6.07, 6.45) is 0. The molecule has 3 rings (SSSR count). The van der Waals surface area contributed by atoms with Gasteiger partial charge in [-0.1, -0.05) is 0 Å². The van der Waals surface area contributed by atoms with Gasteiger partial charge in [0.2, 0.25) is 0 Å². The molecule has 7 nitrogen and oxygen atoms in total. The van der Waals surface area contributed by atoms with E-state index >= 15 is 0 Å². The van der Waals surface area contributed by atoms with Crippen molar-refractivity contribution in [2.75, 3.05) is 5.32 Å². The molecule has 0 saturated heterocycles. The second-order valence-electron chi connectivity index (χ2n) is 4.68. The largest absolute Gasteiger partial charge is 0.331 e. The summed E-state index contributed by atoms with van der Waals surface area (Å²) in [6.45, 7) is 1.92. The molecule has 0 bridgehead atoms. The van der Waals surface area contributed by atoms with Crippen molar-refractivity contribution in [2.45, 2.75) is 6.92 Å². The number of rotatable bonds is 2. The molecule has 21 heavy (non-hydrogen) atoms. The zero-order valence-corrected chi connectivity index (χ0v) is 11.5. The van der Waals surface area contributed by atoms with Crippen molar-refractivity contribution in [3.63, 3.8) is 0 Å². The van der Waals surface area contributed by atoms with Crippen LogP contribution < -0.4 is 10.9 Å². The first-order valence-electron chi connectivity index (χ1n) is 6.35. The van der Waals surface area contributed by atoms with Crippen LogP contribution in [-0.4, -0.2) is 25.7 Å². The van der Waals surface area contributed by atoms with Gasteiger partial charge in [-0.2, -0.15) is 5.10 Å². The van der Waals surface area contributed by atoms with Crippen LogP contribution in [0.15, 0.2) is 35.1 Å². The molecule has 2 aromatic heterocycles. The molecule has 0 fully saturated rings. The summed E-state index contributed by atoms with van der Waals surface area (Å²) in [7, 11) is 1.94. The molecule has 2 N–H and O–H groups in total. The smallest absolute Gasteiger partial charge is 0.276 e. The molecule has 0 aliphatic carbocycles. The quantitative estimate of drug-likeness (QED) is 0.739. The molecule has 0 saturated carbocycles. The number of hydrogen-bond donors (Lipinski definition) is 2. The van der Waals surface area contributed by atoms with Crippen molar-refractivity contribution in [1.82, 2.24) is 19.7 Å². The Morgan fingerprint density at radius 2 is 2.10 bits per heavy atom. The molecule has 1 amide bonds. The van der Waals surface area contributed by atoms with Gasteiger partial charge >= 0.3 is 0 Å². The third-order valence-corrected chi connectivity index (χ3v) is 3.27. The highest BCUT2D eigenvalue weighted by atomic mass is 16.2. The van der Waals surface area contributed by atoms with Crippen LogP contribution >= 0.6 is 0 Å². The van der Waals surface area contributed by atoms with Gasteiger partial charge in [0.05, 0.1) is 11.0 Å². The number of hydrogen-bond acceptors (Lipinski definition) is 4. The van der Waals surface area contributed by atoms with E-state index in [1.165, 1.54) is 12.1 Å². The lowest BCUT2D eigenvalue weighted by atomic mass is 10.2. The third-order valence-electron chi connectivity index (χ3n) is 3.27. The van der Waals surface area contributed by atoms with Crippen molar-refractivity contribution in [3.8, 4) is 0 Å². The van der Waals surface area contributed by atoms with Gasteiger partial charge in [-0.15, -0.1) is 0 Å². The van der Waals surface area contributed by atoms with Gasteiger partial charge in [0.15, 0.2) is 0 Å². The number of imidazole rings is 1. The Labute approximate surface area is 119 Å². The van der Waals surface area contributed by atoms with Crippen LogP contribution in [0.5, 0.6) is 0 Å². The van der Waals surface area contributed by atoms with Gasteiger partial charge in [-0.25, -0.2) is 10.1 Å². The van der Waals surface area contributed by atoms with E-state index in [4.69, 9.17) is 0 Å². The summed E-state index contributed by atoms with van der Waals surface area (Å²) in [4.78, 5) is 27.3. The number of anilines is 1. The van der Waals surface area contributed by atoms with Gasteiger partial charge < -0.3 is 9.88 Å². The van der Waals surface area contributed by atoms with Crippen molar-refractivity contribution in [2.24, 2.45) is 7.05 Å². The lowest BCUT2D eigenvalue weighted by molar-refractivity contribution is 0.102. The topological polar surface area (TPSA) is 92.7 Å². The number of carbonyl (C=O) groups excluding carboxylic acids is 1. The van der Waals surface area contributed by atoms with Crippen LogP contribution in [0.4, 0.5) is 5.69 Å². The van der Waals surface area contributed by atoms with E-state index in [0.29, 0.717) is 5.69 Å². The van der Waals surface area contributed by atoms with Crippen LogP contribution in [0.25, 0.3) is 11.0 Å². The standard InChI is InChI=1S/C14H13N5O2/c1-8-15-11-7-9(3-5-12(11)19(8)2)16-14(21)10-4-6-13(20)18-17-10/h3-7H,1-2H3,(H,16,21)(H,18,20). The summed E-state index contributed by atoms with van der Waals surface area (Å²) in [5, 5.41) is 8.64. The molecule has 0 spiro atoms. The first-order valence-corrected chi connectivity index (χ1v) is 6.35. The van der Waals surface area contributed by atoms with E-state index in [9.17, 15) is 9.59 Å². The van der Waals surface area contributed by atoms with Crippen LogP contribution in [0.2, 0.25) is 0 Å². The predicted molar refractivity (Wildman–Crippen MR) is 78.3 cm³/mol. The molecule has 2 heterocycles. The number of H-pyrrole nitrogens is 1. The molecule has 7 heteroatoms.